The summed E-state index contributed by atoms with van der Waals surface area (Å²) in [4.78, 5) is 18.3. The van der Waals surface area contributed by atoms with Gasteiger partial charge < -0.3 is 11.1 Å². The maximum atomic E-state index is 12.1. The quantitative estimate of drug-likeness (QED) is 0.801. The molecule has 0 atom stereocenters. The van der Waals surface area contributed by atoms with Gasteiger partial charge >= 0.3 is 0 Å². The zero-order valence-corrected chi connectivity index (χ0v) is 13.0. The first-order chi connectivity index (χ1) is 10.6. The molecule has 0 saturated heterocycles. The van der Waals surface area contributed by atoms with Gasteiger partial charge in [-0.25, -0.2) is 0 Å². The highest BCUT2D eigenvalue weighted by Crippen LogP contribution is 2.20. The van der Waals surface area contributed by atoms with E-state index in [1.807, 2.05) is 55.3 Å². The molecule has 0 unspecified atom stereocenters. The summed E-state index contributed by atoms with van der Waals surface area (Å²) in [6.07, 6.45) is 2.60. The van der Waals surface area contributed by atoms with Crippen LogP contribution in [0.3, 0.4) is 0 Å². The van der Waals surface area contributed by atoms with E-state index in [4.69, 9.17) is 5.73 Å². The minimum atomic E-state index is -0.0442. The SMILES string of the molecule is Cc1c(N)cccc1NC(=O)CN(C)CCc1ccccn1. The number of likely N-dealkylation sites (N-methyl/N-ethyl adjacent to an activating group) is 1. The van der Waals surface area contributed by atoms with Crippen molar-refractivity contribution in [2.24, 2.45) is 0 Å². The van der Waals surface area contributed by atoms with Crippen molar-refractivity contribution in [3.63, 3.8) is 0 Å². The van der Waals surface area contributed by atoms with E-state index in [1.54, 1.807) is 6.20 Å². The summed E-state index contributed by atoms with van der Waals surface area (Å²) in [7, 11) is 1.93. The molecule has 0 bridgehead atoms. The molecule has 1 heterocycles. The molecular formula is C17H22N4O. The summed E-state index contributed by atoms with van der Waals surface area (Å²) in [5.41, 5.74) is 9.21. The Bertz CT molecular complexity index is 628. The number of nitrogens with one attached hydrogen (secondary N) is 1. The minimum absolute atomic E-state index is 0.0442. The maximum Gasteiger partial charge on any atom is 0.238 e. The molecule has 2 aromatic rings. The van der Waals surface area contributed by atoms with Gasteiger partial charge in [-0.3, -0.25) is 14.7 Å². The number of nitrogens with zero attached hydrogens (tertiary/aromatic N) is 2. The van der Waals surface area contributed by atoms with Crippen LogP contribution in [0.5, 0.6) is 0 Å². The van der Waals surface area contributed by atoms with E-state index in [-0.39, 0.29) is 5.91 Å². The van der Waals surface area contributed by atoms with Crippen molar-refractivity contribution in [1.29, 1.82) is 0 Å². The van der Waals surface area contributed by atoms with Crippen molar-refractivity contribution in [2.45, 2.75) is 13.3 Å². The number of carbonyl (C=O) groups is 1. The van der Waals surface area contributed by atoms with Crippen LogP contribution in [0.1, 0.15) is 11.3 Å². The van der Waals surface area contributed by atoms with Gasteiger partial charge in [0.25, 0.3) is 0 Å². The molecule has 1 aromatic heterocycles. The highest BCUT2D eigenvalue weighted by Gasteiger charge is 2.09. The molecule has 0 saturated carbocycles. The summed E-state index contributed by atoms with van der Waals surface area (Å²) in [5.74, 6) is -0.0442. The zero-order chi connectivity index (χ0) is 15.9. The third kappa shape index (κ3) is 4.56. The number of nitrogens with two attached hydrogens (primary N) is 1. The van der Waals surface area contributed by atoms with Crippen LogP contribution in [-0.4, -0.2) is 35.9 Å². The Balaban J connectivity index is 1.82. The second-order valence-electron chi connectivity index (χ2n) is 5.38. The molecule has 5 nitrogen and oxygen atoms in total. The highest BCUT2D eigenvalue weighted by atomic mass is 16.2. The Morgan fingerprint density at radius 1 is 1.27 bits per heavy atom. The lowest BCUT2D eigenvalue weighted by atomic mass is 10.1. The molecule has 3 N–H and O–H groups in total. The van der Waals surface area contributed by atoms with Gasteiger partial charge in [0.2, 0.25) is 5.91 Å². The largest absolute Gasteiger partial charge is 0.398 e. The van der Waals surface area contributed by atoms with Gasteiger partial charge in [0, 0.05) is 36.2 Å². The van der Waals surface area contributed by atoms with Crippen molar-refractivity contribution >= 4 is 17.3 Å². The van der Waals surface area contributed by atoms with Gasteiger partial charge in [-0.1, -0.05) is 12.1 Å². The number of amides is 1. The molecule has 0 radical (unpaired) electrons. The topological polar surface area (TPSA) is 71.2 Å². The first-order valence-electron chi connectivity index (χ1n) is 7.29. The van der Waals surface area contributed by atoms with Crippen molar-refractivity contribution in [1.82, 2.24) is 9.88 Å². The number of pyridine rings is 1. The normalized spacial score (nSPS) is 10.7. The first kappa shape index (κ1) is 16.0. The molecule has 0 aliphatic carbocycles. The Morgan fingerprint density at radius 2 is 2.09 bits per heavy atom. The number of carbonyl (C=O) groups excluding carboxylic acids is 1. The third-order valence-electron chi connectivity index (χ3n) is 3.54. The predicted molar refractivity (Wildman–Crippen MR) is 89.7 cm³/mol. The van der Waals surface area contributed by atoms with Crippen LogP contribution in [0, 0.1) is 6.92 Å². The number of hydrogen-bond acceptors (Lipinski definition) is 4. The standard InChI is InChI=1S/C17H22N4O/c1-13-15(18)7-5-8-16(13)20-17(22)12-21(2)11-9-14-6-3-4-10-19-14/h3-8,10H,9,11-12,18H2,1-2H3,(H,20,22). The van der Waals surface area contributed by atoms with Gasteiger partial charge in [-0.2, -0.15) is 0 Å². The van der Waals surface area contributed by atoms with E-state index in [1.165, 1.54) is 0 Å². The fourth-order valence-electron chi connectivity index (χ4n) is 2.15. The third-order valence-corrected chi connectivity index (χ3v) is 3.54. The second-order valence-corrected chi connectivity index (χ2v) is 5.38. The fraction of sp³-hybridized carbons (Fsp3) is 0.294. The van der Waals surface area contributed by atoms with Gasteiger partial charge in [0.15, 0.2) is 0 Å². The monoisotopic (exact) mass is 298 g/mol. The van der Waals surface area contributed by atoms with Crippen LogP contribution >= 0.6 is 0 Å². The number of aromatic nitrogens is 1. The van der Waals surface area contributed by atoms with Crippen LogP contribution in [-0.2, 0) is 11.2 Å². The zero-order valence-electron chi connectivity index (χ0n) is 13.0. The van der Waals surface area contributed by atoms with E-state index >= 15 is 0 Å². The molecule has 0 aliphatic rings. The van der Waals surface area contributed by atoms with Crippen molar-refractivity contribution in [2.75, 3.05) is 31.2 Å². The molecule has 0 spiro atoms. The fourth-order valence-corrected chi connectivity index (χ4v) is 2.15. The van der Waals surface area contributed by atoms with Gasteiger partial charge in [-0.15, -0.1) is 0 Å². The molecule has 0 aliphatic heterocycles. The molecular weight excluding hydrogens is 276 g/mol. The molecule has 0 fully saturated rings. The summed E-state index contributed by atoms with van der Waals surface area (Å²) < 4.78 is 0. The predicted octanol–water partition coefficient (Wildman–Crippen LogP) is 2.09. The number of rotatable bonds is 6. The molecule has 116 valence electrons. The minimum Gasteiger partial charge on any atom is -0.398 e. The number of hydrogen-bond donors (Lipinski definition) is 2. The molecule has 1 amide bonds. The molecule has 5 heteroatoms. The average Bonchev–Trinajstić information content (AvgIpc) is 2.51. The summed E-state index contributed by atoms with van der Waals surface area (Å²) >= 11 is 0. The molecule has 22 heavy (non-hydrogen) atoms. The van der Waals surface area contributed by atoms with E-state index in [0.29, 0.717) is 12.2 Å². The summed E-state index contributed by atoms with van der Waals surface area (Å²) in [5, 5.41) is 2.90. The van der Waals surface area contributed by atoms with E-state index < -0.39 is 0 Å². The van der Waals surface area contributed by atoms with Gasteiger partial charge in [0.1, 0.15) is 0 Å². The number of benzene rings is 1. The lowest BCUT2D eigenvalue weighted by Crippen LogP contribution is -2.32. The number of nitrogen functional groups attached to an aromatic ring is 1. The van der Waals surface area contributed by atoms with E-state index in [9.17, 15) is 4.79 Å². The summed E-state index contributed by atoms with van der Waals surface area (Å²) in [6.45, 7) is 3.01. The maximum absolute atomic E-state index is 12.1. The van der Waals surface area contributed by atoms with Crippen molar-refractivity contribution in [3.8, 4) is 0 Å². The lowest BCUT2D eigenvalue weighted by Gasteiger charge is -2.17. The van der Waals surface area contributed by atoms with Crippen LogP contribution < -0.4 is 11.1 Å². The van der Waals surface area contributed by atoms with E-state index in [2.05, 4.69) is 10.3 Å². The van der Waals surface area contributed by atoms with Crippen molar-refractivity contribution in [3.05, 3.63) is 53.9 Å². The molecule has 2 rings (SSSR count). The van der Waals surface area contributed by atoms with Gasteiger partial charge in [0.05, 0.1) is 6.54 Å². The number of anilines is 2. The van der Waals surface area contributed by atoms with Crippen LogP contribution in [0.25, 0.3) is 0 Å². The Morgan fingerprint density at radius 3 is 2.82 bits per heavy atom. The Labute approximate surface area is 131 Å². The summed E-state index contributed by atoms with van der Waals surface area (Å²) in [6, 6.07) is 11.4. The van der Waals surface area contributed by atoms with E-state index in [0.717, 1.165) is 29.9 Å². The Kier molecular flexibility index (Phi) is 5.49. The lowest BCUT2D eigenvalue weighted by molar-refractivity contribution is -0.117. The van der Waals surface area contributed by atoms with Crippen LogP contribution in [0.4, 0.5) is 11.4 Å². The second kappa shape index (κ2) is 7.56. The molecule has 1 aromatic carbocycles. The highest BCUT2D eigenvalue weighted by molar-refractivity contribution is 5.93. The first-order valence-corrected chi connectivity index (χ1v) is 7.29. The Hall–Kier alpha value is -2.40. The average molecular weight is 298 g/mol. The van der Waals surface area contributed by atoms with Gasteiger partial charge in [-0.05, 0) is 43.8 Å². The smallest absolute Gasteiger partial charge is 0.238 e. The van der Waals surface area contributed by atoms with Crippen LogP contribution in [0.2, 0.25) is 0 Å². The van der Waals surface area contributed by atoms with Crippen LogP contribution in [0.15, 0.2) is 42.6 Å². The van der Waals surface area contributed by atoms with Crippen molar-refractivity contribution < 1.29 is 4.79 Å².